The average molecular weight is 378 g/mol. The number of carbonyl (C=O) groups excluding carboxylic acids is 1. The van der Waals surface area contributed by atoms with Gasteiger partial charge in [0.15, 0.2) is 17.3 Å². The van der Waals surface area contributed by atoms with E-state index in [0.29, 0.717) is 5.75 Å². The van der Waals surface area contributed by atoms with E-state index >= 15 is 0 Å². The number of aromatic hydroxyl groups is 1. The summed E-state index contributed by atoms with van der Waals surface area (Å²) in [5.41, 5.74) is 1.99. The molecule has 3 aromatic carbocycles. The maximum absolute atomic E-state index is 11.9. The van der Waals surface area contributed by atoms with Gasteiger partial charge in [-0.25, -0.2) is 0 Å². The predicted octanol–water partition coefficient (Wildman–Crippen LogP) is 4.76. The Bertz CT molecular complexity index is 936. The van der Waals surface area contributed by atoms with E-state index in [4.69, 9.17) is 14.2 Å². The fourth-order valence-electron chi connectivity index (χ4n) is 2.76. The molecule has 5 heteroatoms. The zero-order valence-electron chi connectivity index (χ0n) is 15.8. The Balaban J connectivity index is 1.96. The zero-order chi connectivity index (χ0) is 19.9. The Morgan fingerprint density at radius 3 is 1.82 bits per heavy atom. The number of Topliss-reactive ketones (excluding diaryl/α,β-unsaturated/α-hetero) is 1. The lowest BCUT2D eigenvalue weighted by Gasteiger charge is -2.19. The molecular formula is C23H22O5. The van der Waals surface area contributed by atoms with Crippen molar-refractivity contribution in [2.24, 2.45) is 0 Å². The van der Waals surface area contributed by atoms with Crippen LogP contribution in [-0.4, -0.2) is 18.0 Å². The molecule has 144 valence electrons. The summed E-state index contributed by atoms with van der Waals surface area (Å²) >= 11 is 0. The normalized spacial score (nSPS) is 10.4. The largest absolute Gasteiger partial charge is 0.504 e. The van der Waals surface area contributed by atoms with Gasteiger partial charge in [-0.1, -0.05) is 60.7 Å². The van der Waals surface area contributed by atoms with Crippen molar-refractivity contribution in [2.75, 3.05) is 7.11 Å². The van der Waals surface area contributed by atoms with E-state index in [2.05, 4.69) is 0 Å². The summed E-state index contributed by atoms with van der Waals surface area (Å²) in [5, 5.41) is 10.7. The highest BCUT2D eigenvalue weighted by Gasteiger charge is 2.23. The number of phenolic OH excluding ortho intramolecular Hbond substituents is 1. The maximum atomic E-state index is 11.9. The highest BCUT2D eigenvalue weighted by molar-refractivity contribution is 5.98. The van der Waals surface area contributed by atoms with Gasteiger partial charge in [-0.3, -0.25) is 4.79 Å². The molecule has 3 rings (SSSR count). The van der Waals surface area contributed by atoms with Gasteiger partial charge >= 0.3 is 0 Å². The van der Waals surface area contributed by atoms with Crippen LogP contribution in [-0.2, 0) is 13.2 Å². The van der Waals surface area contributed by atoms with E-state index < -0.39 is 0 Å². The van der Waals surface area contributed by atoms with Crippen molar-refractivity contribution in [2.45, 2.75) is 20.1 Å². The van der Waals surface area contributed by atoms with Gasteiger partial charge in [-0.05, 0) is 24.1 Å². The highest BCUT2D eigenvalue weighted by atomic mass is 16.5. The lowest BCUT2D eigenvalue weighted by atomic mass is 10.1. The number of rotatable bonds is 8. The number of benzene rings is 3. The van der Waals surface area contributed by atoms with Crippen LogP contribution in [0.2, 0.25) is 0 Å². The minimum absolute atomic E-state index is 0.0873. The summed E-state index contributed by atoms with van der Waals surface area (Å²) < 4.78 is 17.2. The molecule has 0 unspecified atom stereocenters. The van der Waals surface area contributed by atoms with Gasteiger partial charge in [-0.15, -0.1) is 0 Å². The van der Waals surface area contributed by atoms with Crippen molar-refractivity contribution in [3.8, 4) is 23.0 Å². The number of methoxy groups -OCH3 is 1. The Hall–Kier alpha value is -3.47. The summed E-state index contributed by atoms with van der Waals surface area (Å²) in [4.78, 5) is 11.9. The standard InChI is InChI=1S/C23H22O5/c1-16(24)19-13-20(26-2)22(27-14-17-9-5-3-6-10-17)23(21(19)25)28-15-18-11-7-4-8-12-18/h3-13,25H,14-15H2,1-2H3. The monoisotopic (exact) mass is 378 g/mol. The molecule has 0 aromatic heterocycles. The highest BCUT2D eigenvalue weighted by Crippen LogP contribution is 2.47. The second-order valence-corrected chi connectivity index (χ2v) is 6.24. The van der Waals surface area contributed by atoms with Gasteiger partial charge in [0.2, 0.25) is 11.5 Å². The van der Waals surface area contributed by atoms with E-state index in [9.17, 15) is 9.90 Å². The lowest BCUT2D eigenvalue weighted by Crippen LogP contribution is -2.05. The SMILES string of the molecule is COc1cc(C(C)=O)c(O)c(OCc2ccccc2)c1OCc1ccccc1. The second kappa shape index (κ2) is 8.95. The average Bonchev–Trinajstić information content (AvgIpc) is 2.72. The molecule has 5 nitrogen and oxygen atoms in total. The number of carbonyl (C=O) groups is 1. The third-order valence-corrected chi connectivity index (χ3v) is 4.23. The number of ketones is 1. The first-order valence-corrected chi connectivity index (χ1v) is 8.88. The van der Waals surface area contributed by atoms with Crippen molar-refractivity contribution in [1.29, 1.82) is 0 Å². The van der Waals surface area contributed by atoms with Gasteiger partial charge in [0, 0.05) is 0 Å². The van der Waals surface area contributed by atoms with Crippen molar-refractivity contribution >= 4 is 5.78 Å². The molecule has 0 fully saturated rings. The van der Waals surface area contributed by atoms with E-state index in [-0.39, 0.29) is 41.8 Å². The molecule has 0 aliphatic rings. The molecule has 0 atom stereocenters. The van der Waals surface area contributed by atoms with Crippen LogP contribution in [0.15, 0.2) is 66.7 Å². The fourth-order valence-corrected chi connectivity index (χ4v) is 2.76. The zero-order valence-corrected chi connectivity index (χ0v) is 15.8. The summed E-state index contributed by atoms with van der Waals surface area (Å²) in [6.07, 6.45) is 0. The van der Waals surface area contributed by atoms with Gasteiger partial charge < -0.3 is 19.3 Å². The van der Waals surface area contributed by atoms with E-state index in [1.54, 1.807) is 0 Å². The predicted molar refractivity (Wildman–Crippen MR) is 106 cm³/mol. The molecule has 0 aliphatic carbocycles. The van der Waals surface area contributed by atoms with Crippen LogP contribution < -0.4 is 14.2 Å². The quantitative estimate of drug-likeness (QED) is 0.573. The number of phenols is 1. The van der Waals surface area contributed by atoms with Gasteiger partial charge in [-0.2, -0.15) is 0 Å². The molecule has 1 N–H and O–H groups in total. The molecule has 0 aliphatic heterocycles. The molecule has 0 heterocycles. The number of hydrogen-bond donors (Lipinski definition) is 1. The third kappa shape index (κ3) is 4.43. The van der Waals surface area contributed by atoms with Crippen LogP contribution >= 0.6 is 0 Å². The van der Waals surface area contributed by atoms with Gasteiger partial charge in [0.1, 0.15) is 13.2 Å². The molecule has 0 saturated heterocycles. The summed E-state index contributed by atoms with van der Waals surface area (Å²) in [7, 11) is 1.48. The van der Waals surface area contributed by atoms with Gasteiger partial charge in [0.25, 0.3) is 0 Å². The van der Waals surface area contributed by atoms with Crippen LogP contribution in [0.1, 0.15) is 28.4 Å². The number of ether oxygens (including phenoxy) is 3. The summed E-state index contributed by atoms with van der Waals surface area (Å²) in [5.74, 6) is 0.110. The lowest BCUT2D eigenvalue weighted by molar-refractivity contribution is 0.101. The molecule has 3 aromatic rings. The fraction of sp³-hybridized carbons (Fsp3) is 0.174. The summed E-state index contributed by atoms with van der Waals surface area (Å²) in [6.45, 7) is 1.85. The Kier molecular flexibility index (Phi) is 6.17. The van der Waals surface area contributed by atoms with Crippen molar-refractivity contribution in [1.82, 2.24) is 0 Å². The Morgan fingerprint density at radius 1 is 0.857 bits per heavy atom. The topological polar surface area (TPSA) is 65.0 Å². The Labute approximate surface area is 164 Å². The van der Waals surface area contributed by atoms with Crippen molar-refractivity contribution in [3.63, 3.8) is 0 Å². The van der Waals surface area contributed by atoms with Crippen molar-refractivity contribution < 1.29 is 24.1 Å². The van der Waals surface area contributed by atoms with E-state index in [1.807, 2.05) is 60.7 Å². The molecule has 0 bridgehead atoms. The Morgan fingerprint density at radius 2 is 1.36 bits per heavy atom. The first-order valence-electron chi connectivity index (χ1n) is 8.88. The van der Waals surface area contributed by atoms with Gasteiger partial charge in [0.05, 0.1) is 12.7 Å². The number of hydrogen-bond acceptors (Lipinski definition) is 5. The molecule has 0 amide bonds. The van der Waals surface area contributed by atoms with Crippen LogP contribution in [0.5, 0.6) is 23.0 Å². The molecule has 0 radical (unpaired) electrons. The van der Waals surface area contributed by atoms with Crippen LogP contribution in [0.4, 0.5) is 0 Å². The minimum Gasteiger partial charge on any atom is -0.504 e. The van der Waals surface area contributed by atoms with Crippen LogP contribution in [0.25, 0.3) is 0 Å². The molecule has 0 saturated carbocycles. The smallest absolute Gasteiger partial charge is 0.208 e. The van der Waals surface area contributed by atoms with Crippen LogP contribution in [0.3, 0.4) is 0 Å². The minimum atomic E-state index is -0.296. The third-order valence-electron chi connectivity index (χ3n) is 4.23. The molecular weight excluding hydrogens is 356 g/mol. The molecule has 28 heavy (non-hydrogen) atoms. The first-order chi connectivity index (χ1) is 13.6. The summed E-state index contributed by atoms with van der Waals surface area (Å²) in [6, 6.07) is 20.6. The first kappa shape index (κ1) is 19.3. The van der Waals surface area contributed by atoms with Crippen molar-refractivity contribution in [3.05, 3.63) is 83.4 Å². The second-order valence-electron chi connectivity index (χ2n) is 6.24. The molecule has 0 spiro atoms. The van der Waals surface area contributed by atoms with Crippen LogP contribution in [0, 0.1) is 0 Å². The maximum Gasteiger partial charge on any atom is 0.208 e. The van der Waals surface area contributed by atoms with E-state index in [0.717, 1.165) is 11.1 Å². The van der Waals surface area contributed by atoms with E-state index in [1.165, 1.54) is 20.1 Å².